The summed E-state index contributed by atoms with van der Waals surface area (Å²) in [6, 6.07) is 8.47. The van der Waals surface area contributed by atoms with Gasteiger partial charge in [0.15, 0.2) is 0 Å². The van der Waals surface area contributed by atoms with Gasteiger partial charge in [0.25, 0.3) is 0 Å². The number of rotatable bonds is 8. The summed E-state index contributed by atoms with van der Waals surface area (Å²) in [5.74, 6) is 0.980. The minimum Gasteiger partial charge on any atom is -0.489 e. The topological polar surface area (TPSA) is 73.6 Å². The van der Waals surface area contributed by atoms with Crippen molar-refractivity contribution in [1.29, 1.82) is 0 Å². The summed E-state index contributed by atoms with van der Waals surface area (Å²) in [6.07, 6.45) is 8.71. The van der Waals surface area contributed by atoms with Crippen LogP contribution in [0, 0.1) is 5.41 Å². The maximum atomic E-state index is 13.0. The third-order valence-electron chi connectivity index (χ3n) is 7.80. The van der Waals surface area contributed by atoms with E-state index in [-0.39, 0.29) is 35.9 Å². The molecule has 0 aromatic heterocycles. The second-order valence-electron chi connectivity index (χ2n) is 9.34. The first-order chi connectivity index (χ1) is 14.5. The lowest BCUT2D eigenvalue weighted by Crippen LogP contribution is -2.56. The molecule has 4 fully saturated rings. The van der Waals surface area contributed by atoms with Crippen LogP contribution in [0.15, 0.2) is 36.2 Å². The Morgan fingerprint density at radius 2 is 1.80 bits per heavy atom. The Hall–Kier alpha value is -1.92. The molecule has 164 valence electrons. The lowest BCUT2D eigenvalue weighted by Gasteiger charge is -2.53. The molecule has 0 saturated heterocycles. The van der Waals surface area contributed by atoms with Crippen LogP contribution < -0.4 is 15.8 Å². The normalized spacial score (nSPS) is 33.1. The molecule has 1 aromatic rings. The minimum atomic E-state index is -0.180. The van der Waals surface area contributed by atoms with Gasteiger partial charge < -0.3 is 20.5 Å². The van der Waals surface area contributed by atoms with E-state index >= 15 is 0 Å². The third kappa shape index (κ3) is 4.00. The van der Waals surface area contributed by atoms with Crippen LogP contribution in [0.4, 0.5) is 4.39 Å². The quantitative estimate of drug-likeness (QED) is 0.677. The van der Waals surface area contributed by atoms with Crippen LogP contribution in [-0.4, -0.2) is 38.3 Å². The van der Waals surface area contributed by atoms with E-state index < -0.39 is 0 Å². The summed E-state index contributed by atoms with van der Waals surface area (Å²) in [5, 5.41) is 3.28. The van der Waals surface area contributed by atoms with Crippen molar-refractivity contribution in [1.82, 2.24) is 5.32 Å². The number of nitrogens with two attached hydrogens (primary N) is 1. The second-order valence-corrected chi connectivity index (χ2v) is 9.34. The second kappa shape index (κ2) is 8.67. The number of carbonyl (C=O) groups excluding carboxylic acids is 1. The third-order valence-corrected chi connectivity index (χ3v) is 7.80. The molecule has 4 aliphatic rings. The van der Waals surface area contributed by atoms with Gasteiger partial charge in [0.1, 0.15) is 12.4 Å². The number of fused-ring (bicyclic) bond motifs is 3. The van der Waals surface area contributed by atoms with Crippen molar-refractivity contribution in [3.63, 3.8) is 0 Å². The first kappa shape index (κ1) is 21.3. The Balaban J connectivity index is 1.34. The zero-order chi connectivity index (χ0) is 21.2. The summed E-state index contributed by atoms with van der Waals surface area (Å²) in [4.78, 5) is 13.0. The molecule has 4 saturated carbocycles. The molecular formula is C24H33FN2O3. The molecule has 30 heavy (non-hydrogen) atoms. The zero-order valence-electron chi connectivity index (χ0n) is 17.8. The number of amides is 1. The molecule has 5 nitrogen and oxygen atoms in total. The van der Waals surface area contributed by atoms with Gasteiger partial charge in [-0.05, 0) is 74.5 Å². The number of benzene rings is 1. The lowest BCUT2D eigenvalue weighted by atomic mass is 9.51. The number of hydrogen-bond acceptors (Lipinski definition) is 4. The van der Waals surface area contributed by atoms with Crippen LogP contribution in [0.25, 0.3) is 0 Å². The number of hydrogen-bond donors (Lipinski definition) is 2. The summed E-state index contributed by atoms with van der Waals surface area (Å²) < 4.78 is 23.6. The van der Waals surface area contributed by atoms with Crippen LogP contribution >= 0.6 is 0 Å². The van der Waals surface area contributed by atoms with Crippen molar-refractivity contribution in [2.45, 2.75) is 68.9 Å². The Bertz CT molecular complexity index is 762. The van der Waals surface area contributed by atoms with E-state index in [1.54, 1.807) is 7.11 Å². The van der Waals surface area contributed by atoms with E-state index in [9.17, 15) is 9.18 Å². The van der Waals surface area contributed by atoms with Gasteiger partial charge in [-0.1, -0.05) is 12.1 Å². The van der Waals surface area contributed by atoms with Crippen molar-refractivity contribution in [2.24, 2.45) is 11.1 Å². The molecule has 0 atom stereocenters. The number of methoxy groups -OCH3 is 1. The maximum Gasteiger partial charge on any atom is 0.226 e. The van der Waals surface area contributed by atoms with Crippen molar-refractivity contribution in [2.75, 3.05) is 20.3 Å². The number of carbonyl (C=O) groups is 1. The van der Waals surface area contributed by atoms with Gasteiger partial charge in [-0.25, -0.2) is 4.39 Å². The Kier molecular flexibility index (Phi) is 6.16. The Morgan fingerprint density at radius 3 is 2.33 bits per heavy atom. The first-order valence-corrected chi connectivity index (χ1v) is 11.1. The average molecular weight is 417 g/mol. The average Bonchev–Trinajstić information content (AvgIpc) is 2.78. The zero-order valence-corrected chi connectivity index (χ0v) is 17.8. The molecule has 3 N–H and O–H groups in total. The van der Waals surface area contributed by atoms with Gasteiger partial charge in [0.2, 0.25) is 5.91 Å². The number of nitrogens with one attached hydrogen (secondary N) is 1. The van der Waals surface area contributed by atoms with Crippen LogP contribution in [0.5, 0.6) is 5.75 Å². The van der Waals surface area contributed by atoms with Gasteiger partial charge in [-0.2, -0.15) is 0 Å². The number of ether oxygens (including phenoxy) is 2. The highest BCUT2D eigenvalue weighted by molar-refractivity contribution is 5.83. The highest BCUT2D eigenvalue weighted by Gasteiger charge is 2.53. The fourth-order valence-electron chi connectivity index (χ4n) is 5.39. The summed E-state index contributed by atoms with van der Waals surface area (Å²) in [5.41, 5.74) is 7.22. The summed E-state index contributed by atoms with van der Waals surface area (Å²) in [7, 11) is 1.74. The molecule has 1 aromatic carbocycles. The minimum absolute atomic E-state index is 0.154. The van der Waals surface area contributed by atoms with Crippen molar-refractivity contribution < 1.29 is 18.7 Å². The Morgan fingerprint density at radius 1 is 1.17 bits per heavy atom. The SMILES string of the molecule is COC1CC(NC(=O)C23CCC(c4ccc(OC/C(=C/F)CN)cc4)(CC2)CC3)C1. The summed E-state index contributed by atoms with van der Waals surface area (Å²) in [6.45, 7) is 0.321. The molecule has 0 aliphatic heterocycles. The first-order valence-electron chi connectivity index (χ1n) is 11.1. The lowest BCUT2D eigenvalue weighted by molar-refractivity contribution is -0.140. The highest BCUT2D eigenvalue weighted by Crippen LogP contribution is 2.58. The highest BCUT2D eigenvalue weighted by atomic mass is 19.1. The largest absolute Gasteiger partial charge is 0.489 e. The fourth-order valence-corrected chi connectivity index (χ4v) is 5.39. The van der Waals surface area contributed by atoms with E-state index in [1.165, 1.54) is 5.56 Å². The molecule has 0 heterocycles. The number of halogens is 1. The molecule has 4 aliphatic carbocycles. The fraction of sp³-hybridized carbons (Fsp3) is 0.625. The predicted octanol–water partition coefficient (Wildman–Crippen LogP) is 3.76. The van der Waals surface area contributed by atoms with Crippen molar-refractivity contribution >= 4 is 5.91 Å². The molecule has 0 spiro atoms. The van der Waals surface area contributed by atoms with E-state index in [2.05, 4.69) is 17.4 Å². The van der Waals surface area contributed by atoms with E-state index in [0.717, 1.165) is 57.1 Å². The van der Waals surface area contributed by atoms with E-state index in [1.807, 2.05) is 12.1 Å². The molecule has 0 radical (unpaired) electrons. The van der Waals surface area contributed by atoms with Crippen molar-refractivity contribution in [3.05, 3.63) is 41.7 Å². The van der Waals surface area contributed by atoms with Gasteiger partial charge >= 0.3 is 0 Å². The van der Waals surface area contributed by atoms with Crippen LogP contribution in [0.1, 0.15) is 56.9 Å². The smallest absolute Gasteiger partial charge is 0.226 e. The monoisotopic (exact) mass is 416 g/mol. The summed E-state index contributed by atoms with van der Waals surface area (Å²) >= 11 is 0. The van der Waals surface area contributed by atoms with E-state index in [4.69, 9.17) is 15.2 Å². The predicted molar refractivity (Wildman–Crippen MR) is 114 cm³/mol. The van der Waals surface area contributed by atoms with Crippen LogP contribution in [-0.2, 0) is 14.9 Å². The van der Waals surface area contributed by atoms with Gasteiger partial charge in [0, 0.05) is 30.7 Å². The van der Waals surface area contributed by atoms with Crippen molar-refractivity contribution in [3.8, 4) is 5.75 Å². The molecule has 0 unspecified atom stereocenters. The van der Waals surface area contributed by atoms with Crippen LogP contribution in [0.3, 0.4) is 0 Å². The standard InChI is InChI=1S/C24H33FN2O3/c1-29-21-12-19(13-21)27-22(28)24-9-6-23(7-10-24,8-11-24)18-2-4-20(5-3-18)30-16-17(14-25)15-26/h2-5,14,19,21H,6-13,15-16,26H2,1H3,(H,27,28)/b17-14+. The van der Waals surface area contributed by atoms with Gasteiger partial charge in [-0.15, -0.1) is 0 Å². The molecule has 5 rings (SSSR count). The van der Waals surface area contributed by atoms with E-state index in [0.29, 0.717) is 18.0 Å². The maximum absolute atomic E-state index is 13.0. The van der Waals surface area contributed by atoms with Crippen LogP contribution in [0.2, 0.25) is 0 Å². The molecule has 6 heteroatoms. The van der Waals surface area contributed by atoms with Gasteiger partial charge in [0.05, 0.1) is 12.4 Å². The molecule has 2 bridgehead atoms. The Labute approximate surface area is 178 Å². The van der Waals surface area contributed by atoms with Gasteiger partial charge in [-0.3, -0.25) is 4.79 Å². The molecule has 1 amide bonds. The molecular weight excluding hydrogens is 383 g/mol.